The zero-order valence-corrected chi connectivity index (χ0v) is 8.07. The molecule has 0 saturated heterocycles. The fraction of sp³-hybridized carbons (Fsp3) is 0.417. The maximum absolute atomic E-state index is 11.4. The lowest BCUT2D eigenvalue weighted by Gasteiger charge is -2.05. The van der Waals surface area contributed by atoms with Gasteiger partial charge in [0.15, 0.2) is 0 Å². The van der Waals surface area contributed by atoms with E-state index in [9.17, 15) is 4.79 Å². The SMILES string of the molecule is COC(=O)[C@H]1[C@H]2Cc3ccccc3[C@H]21. The fourth-order valence-electron chi connectivity index (χ4n) is 2.81. The third-order valence-electron chi connectivity index (χ3n) is 3.51. The molecule has 1 saturated carbocycles. The summed E-state index contributed by atoms with van der Waals surface area (Å²) in [5.74, 6) is 1.10. The van der Waals surface area contributed by atoms with Crippen LogP contribution in [0.1, 0.15) is 17.0 Å². The molecule has 2 nitrogen and oxygen atoms in total. The van der Waals surface area contributed by atoms with E-state index in [0.717, 1.165) is 6.42 Å². The van der Waals surface area contributed by atoms with Gasteiger partial charge in [-0.1, -0.05) is 24.3 Å². The molecular weight excluding hydrogens is 176 g/mol. The van der Waals surface area contributed by atoms with Crippen LogP contribution in [0.4, 0.5) is 0 Å². The van der Waals surface area contributed by atoms with Crippen molar-refractivity contribution in [2.24, 2.45) is 11.8 Å². The highest BCUT2D eigenvalue weighted by molar-refractivity contribution is 5.79. The van der Waals surface area contributed by atoms with E-state index in [1.165, 1.54) is 18.2 Å². The summed E-state index contributed by atoms with van der Waals surface area (Å²) in [6.45, 7) is 0. The van der Waals surface area contributed by atoms with Crippen molar-refractivity contribution in [2.75, 3.05) is 7.11 Å². The Kier molecular flexibility index (Phi) is 1.49. The molecule has 1 aromatic rings. The normalized spacial score (nSPS) is 31.9. The van der Waals surface area contributed by atoms with Crippen LogP contribution in [0.25, 0.3) is 0 Å². The van der Waals surface area contributed by atoms with Gasteiger partial charge in [-0.25, -0.2) is 0 Å². The molecule has 0 N–H and O–H groups in total. The number of hydrogen-bond acceptors (Lipinski definition) is 2. The van der Waals surface area contributed by atoms with Crippen molar-refractivity contribution >= 4 is 5.97 Å². The van der Waals surface area contributed by atoms with Gasteiger partial charge in [0.1, 0.15) is 0 Å². The second kappa shape index (κ2) is 2.59. The van der Waals surface area contributed by atoms with Gasteiger partial charge in [-0.3, -0.25) is 4.79 Å². The minimum absolute atomic E-state index is 0.0329. The molecule has 3 rings (SSSR count). The molecule has 0 unspecified atom stereocenters. The number of carbonyl (C=O) groups is 1. The lowest BCUT2D eigenvalue weighted by molar-refractivity contribution is -0.142. The number of rotatable bonds is 1. The van der Waals surface area contributed by atoms with Gasteiger partial charge >= 0.3 is 5.97 Å². The highest BCUT2D eigenvalue weighted by atomic mass is 16.5. The summed E-state index contributed by atoms with van der Waals surface area (Å²) in [7, 11) is 1.47. The average molecular weight is 188 g/mol. The van der Waals surface area contributed by atoms with Gasteiger partial charge in [0.05, 0.1) is 13.0 Å². The van der Waals surface area contributed by atoms with Crippen LogP contribution >= 0.6 is 0 Å². The van der Waals surface area contributed by atoms with E-state index in [-0.39, 0.29) is 11.9 Å². The summed E-state index contributed by atoms with van der Waals surface area (Å²) >= 11 is 0. The molecule has 0 aromatic heterocycles. The Morgan fingerprint density at radius 2 is 2.21 bits per heavy atom. The number of ether oxygens (including phenoxy) is 1. The summed E-state index contributed by atoms with van der Waals surface area (Å²) in [4.78, 5) is 11.4. The maximum atomic E-state index is 11.4. The number of esters is 1. The summed E-state index contributed by atoms with van der Waals surface area (Å²) in [6, 6.07) is 8.42. The number of hydrogen-bond donors (Lipinski definition) is 0. The first kappa shape index (κ1) is 8.04. The second-order valence-corrected chi connectivity index (χ2v) is 4.14. The van der Waals surface area contributed by atoms with Gasteiger partial charge in [-0.05, 0) is 23.5 Å². The van der Waals surface area contributed by atoms with Gasteiger partial charge in [-0.2, -0.15) is 0 Å². The van der Waals surface area contributed by atoms with Crippen LogP contribution in [0.5, 0.6) is 0 Å². The van der Waals surface area contributed by atoms with Crippen LogP contribution in [-0.4, -0.2) is 13.1 Å². The fourth-order valence-corrected chi connectivity index (χ4v) is 2.81. The molecule has 0 amide bonds. The number of benzene rings is 1. The Morgan fingerprint density at radius 1 is 1.43 bits per heavy atom. The topological polar surface area (TPSA) is 26.3 Å². The van der Waals surface area contributed by atoms with Gasteiger partial charge < -0.3 is 4.74 Å². The first-order valence-corrected chi connectivity index (χ1v) is 4.98. The van der Waals surface area contributed by atoms with Crippen molar-refractivity contribution in [3.05, 3.63) is 35.4 Å². The summed E-state index contributed by atoms with van der Waals surface area (Å²) in [5, 5.41) is 0. The second-order valence-electron chi connectivity index (χ2n) is 4.14. The van der Waals surface area contributed by atoms with E-state index in [0.29, 0.717) is 11.8 Å². The smallest absolute Gasteiger partial charge is 0.309 e. The molecule has 3 atom stereocenters. The minimum atomic E-state index is -0.0329. The third-order valence-corrected chi connectivity index (χ3v) is 3.51. The molecule has 1 fully saturated rings. The highest BCUT2D eigenvalue weighted by Crippen LogP contribution is 2.61. The molecule has 0 bridgehead atoms. The number of methoxy groups -OCH3 is 1. The van der Waals surface area contributed by atoms with Gasteiger partial charge in [0.2, 0.25) is 0 Å². The Balaban J connectivity index is 1.91. The molecule has 2 aliphatic carbocycles. The van der Waals surface area contributed by atoms with Crippen molar-refractivity contribution in [3.63, 3.8) is 0 Å². The van der Waals surface area contributed by atoms with Crippen LogP contribution in [0.15, 0.2) is 24.3 Å². The lowest BCUT2D eigenvalue weighted by atomic mass is 10.0. The third kappa shape index (κ3) is 0.884. The Morgan fingerprint density at radius 3 is 3.00 bits per heavy atom. The van der Waals surface area contributed by atoms with E-state index >= 15 is 0 Å². The van der Waals surface area contributed by atoms with Crippen molar-refractivity contribution in [1.29, 1.82) is 0 Å². The van der Waals surface area contributed by atoms with E-state index < -0.39 is 0 Å². The Labute approximate surface area is 82.9 Å². The molecule has 0 aliphatic heterocycles. The Hall–Kier alpha value is -1.31. The van der Waals surface area contributed by atoms with E-state index in [4.69, 9.17) is 4.74 Å². The molecule has 1 aromatic carbocycles. The van der Waals surface area contributed by atoms with Gasteiger partial charge in [0.25, 0.3) is 0 Å². The Bertz CT molecular complexity index is 397. The van der Waals surface area contributed by atoms with Crippen LogP contribution in [0.3, 0.4) is 0 Å². The lowest BCUT2D eigenvalue weighted by Crippen LogP contribution is -2.08. The largest absolute Gasteiger partial charge is 0.469 e. The van der Waals surface area contributed by atoms with Crippen LogP contribution < -0.4 is 0 Å². The zero-order valence-electron chi connectivity index (χ0n) is 8.07. The molecular formula is C12H12O2. The first-order valence-electron chi connectivity index (χ1n) is 4.98. The summed E-state index contributed by atoms with van der Waals surface area (Å²) < 4.78 is 4.79. The predicted octanol–water partition coefficient (Wildman–Crippen LogP) is 1.75. The van der Waals surface area contributed by atoms with E-state index in [2.05, 4.69) is 18.2 Å². The zero-order chi connectivity index (χ0) is 9.71. The highest BCUT2D eigenvalue weighted by Gasteiger charge is 2.59. The molecule has 0 spiro atoms. The maximum Gasteiger partial charge on any atom is 0.309 e. The first-order chi connectivity index (χ1) is 6.83. The van der Waals surface area contributed by atoms with Crippen molar-refractivity contribution in [1.82, 2.24) is 0 Å². The number of fused-ring (bicyclic) bond motifs is 3. The number of carbonyl (C=O) groups excluding carboxylic acids is 1. The van der Waals surface area contributed by atoms with Gasteiger partial charge in [0, 0.05) is 5.92 Å². The van der Waals surface area contributed by atoms with Crippen LogP contribution in [0.2, 0.25) is 0 Å². The standard InChI is InChI=1S/C12H12O2/c1-14-12(13)11-9-6-7-4-2-3-5-8(7)10(9)11/h2-5,9-11H,6H2,1H3/t9-,10+,11-/m0/s1. The van der Waals surface area contributed by atoms with Crippen molar-refractivity contribution in [3.8, 4) is 0 Å². The molecule has 0 radical (unpaired) electrons. The minimum Gasteiger partial charge on any atom is -0.469 e. The molecule has 72 valence electrons. The predicted molar refractivity (Wildman–Crippen MR) is 51.9 cm³/mol. The molecule has 2 heteroatoms. The quantitative estimate of drug-likeness (QED) is 0.627. The van der Waals surface area contributed by atoms with Crippen LogP contribution in [-0.2, 0) is 16.0 Å². The molecule has 0 heterocycles. The molecule has 2 aliphatic rings. The van der Waals surface area contributed by atoms with Crippen molar-refractivity contribution in [2.45, 2.75) is 12.3 Å². The van der Waals surface area contributed by atoms with Crippen molar-refractivity contribution < 1.29 is 9.53 Å². The summed E-state index contributed by atoms with van der Waals surface area (Å²) in [6.07, 6.45) is 1.06. The monoisotopic (exact) mass is 188 g/mol. The van der Waals surface area contributed by atoms with E-state index in [1.807, 2.05) is 6.07 Å². The molecule has 14 heavy (non-hydrogen) atoms. The van der Waals surface area contributed by atoms with Gasteiger partial charge in [-0.15, -0.1) is 0 Å². The average Bonchev–Trinajstić information content (AvgIpc) is 2.81. The van der Waals surface area contributed by atoms with Crippen LogP contribution in [0, 0.1) is 11.8 Å². The van der Waals surface area contributed by atoms with E-state index in [1.54, 1.807) is 0 Å². The summed E-state index contributed by atoms with van der Waals surface area (Å²) in [5.41, 5.74) is 2.79.